The Kier molecular flexibility index (Phi) is 7.73. The van der Waals surface area contributed by atoms with Crippen molar-refractivity contribution in [3.05, 3.63) is 59.7 Å². The van der Waals surface area contributed by atoms with E-state index in [0.29, 0.717) is 0 Å². The monoisotopic (exact) mass is 508 g/mol. The van der Waals surface area contributed by atoms with E-state index in [1.165, 1.54) is 12.1 Å². The lowest BCUT2D eigenvalue weighted by atomic mass is 9.97. The molecule has 2 aliphatic heterocycles. The molecule has 0 aromatic heterocycles. The Morgan fingerprint density at radius 2 is 1.69 bits per heavy atom. The number of carbonyl (C=O) groups excluding carboxylic acids is 1. The summed E-state index contributed by atoms with van der Waals surface area (Å²) in [6.07, 6.45) is -8.09. The number of aliphatic hydroxyl groups is 1. The van der Waals surface area contributed by atoms with Crippen molar-refractivity contribution in [2.45, 2.75) is 69.9 Å². The van der Waals surface area contributed by atoms with E-state index in [9.17, 15) is 27.5 Å². The Balaban J connectivity index is 1.59. The third-order valence-electron chi connectivity index (χ3n) is 6.89. The summed E-state index contributed by atoms with van der Waals surface area (Å²) in [7, 11) is 0. The van der Waals surface area contributed by atoms with Gasteiger partial charge in [-0.2, -0.15) is 13.2 Å². The molecule has 1 unspecified atom stereocenters. The predicted molar refractivity (Wildman–Crippen MR) is 128 cm³/mol. The van der Waals surface area contributed by atoms with Crippen molar-refractivity contribution in [2.75, 3.05) is 13.2 Å². The van der Waals surface area contributed by atoms with Gasteiger partial charge < -0.3 is 14.7 Å². The van der Waals surface area contributed by atoms with Gasteiger partial charge in [0.15, 0.2) is 0 Å². The number of nitrogens with zero attached hydrogens (tertiary/aromatic N) is 1. The highest BCUT2D eigenvalue weighted by atomic mass is 19.4. The molecule has 0 bridgehead atoms. The molecule has 0 radical (unpaired) electrons. The van der Waals surface area contributed by atoms with Gasteiger partial charge in [-0.15, -0.1) is 0 Å². The Hall–Kier alpha value is -2.49. The van der Waals surface area contributed by atoms with Crippen LogP contribution in [0.15, 0.2) is 48.5 Å². The van der Waals surface area contributed by atoms with E-state index in [-0.39, 0.29) is 31.1 Å². The number of amides is 1. The first-order valence-electron chi connectivity index (χ1n) is 12.2. The normalized spacial score (nSPS) is 25.8. The van der Waals surface area contributed by atoms with Crippen LogP contribution < -0.4 is 5.32 Å². The summed E-state index contributed by atoms with van der Waals surface area (Å²) >= 11 is 0. The van der Waals surface area contributed by atoms with Crippen molar-refractivity contribution in [3.63, 3.8) is 0 Å². The highest BCUT2D eigenvalue weighted by Gasteiger charge is 2.54. The van der Waals surface area contributed by atoms with E-state index in [4.69, 9.17) is 4.74 Å². The molecule has 2 fully saturated rings. The molecule has 36 heavy (non-hydrogen) atoms. The molecule has 5 nitrogen and oxygen atoms in total. The van der Waals surface area contributed by atoms with Gasteiger partial charge >= 0.3 is 6.18 Å². The molecule has 196 valence electrons. The van der Waals surface area contributed by atoms with Crippen LogP contribution in [0, 0.1) is 12.8 Å². The predicted octanol–water partition coefficient (Wildman–Crippen LogP) is 4.58. The third kappa shape index (κ3) is 5.58. The van der Waals surface area contributed by atoms with E-state index < -0.39 is 48.6 Å². The van der Waals surface area contributed by atoms with E-state index in [1.807, 2.05) is 31.2 Å². The number of alkyl halides is 4. The minimum absolute atomic E-state index is 0.0215. The molecule has 0 aliphatic carbocycles. The number of carbonyl (C=O) groups is 1. The number of hydrogen-bond donors (Lipinski definition) is 2. The second-order valence-electron chi connectivity index (χ2n) is 10.2. The number of nitrogens with one attached hydrogen (secondary N) is 1. The Labute approximate surface area is 208 Å². The summed E-state index contributed by atoms with van der Waals surface area (Å²) in [6.45, 7) is 5.14. The lowest BCUT2D eigenvalue weighted by Crippen LogP contribution is -2.54. The van der Waals surface area contributed by atoms with Gasteiger partial charge in [-0.25, -0.2) is 4.39 Å². The molecular formula is C27H32F4N2O3. The second-order valence-corrected chi connectivity index (χ2v) is 10.2. The summed E-state index contributed by atoms with van der Waals surface area (Å²) in [5.41, 5.74) is 2.73. The Morgan fingerprint density at radius 1 is 1.11 bits per heavy atom. The lowest BCUT2D eigenvalue weighted by molar-refractivity contribution is -0.163. The maximum atomic E-state index is 14.5. The van der Waals surface area contributed by atoms with Crippen molar-refractivity contribution in [1.29, 1.82) is 0 Å². The smallest absolute Gasteiger partial charge is 0.388 e. The van der Waals surface area contributed by atoms with Gasteiger partial charge in [-0.1, -0.05) is 67.9 Å². The minimum Gasteiger partial charge on any atom is -0.388 e. The number of ether oxygens (including phenoxy) is 1. The second kappa shape index (κ2) is 10.5. The van der Waals surface area contributed by atoms with Crippen LogP contribution in [0.1, 0.15) is 37.4 Å². The highest BCUT2D eigenvalue weighted by molar-refractivity contribution is 5.83. The molecule has 1 amide bonds. The molecule has 2 aromatic carbocycles. The maximum absolute atomic E-state index is 14.5. The number of halogens is 4. The number of fused-ring (bicyclic) bond motifs is 1. The first-order chi connectivity index (χ1) is 17.0. The zero-order valence-corrected chi connectivity index (χ0v) is 20.5. The van der Waals surface area contributed by atoms with Crippen LogP contribution in [0.2, 0.25) is 0 Å². The summed E-state index contributed by atoms with van der Waals surface area (Å²) in [5, 5.41) is 12.8. The third-order valence-corrected chi connectivity index (χ3v) is 6.89. The van der Waals surface area contributed by atoms with E-state index in [2.05, 4.69) is 5.32 Å². The van der Waals surface area contributed by atoms with Crippen LogP contribution in [-0.2, 0) is 9.53 Å². The standard InChI is InChI=1S/C27H32F4N2O3/c1-15(2)12-21(26(35)33-13-20(28)24-23(33)22(34)14-36-24)32-25(27(29,30)31)19-10-8-18(9-11-19)17-6-4-16(3)5-7-17/h4-11,15,20-25,32,34H,12-14H2,1-3H3/t20-,21-,22-,23?,24+,25-/m0/s1. The van der Waals surface area contributed by atoms with Crippen LogP contribution in [0.5, 0.6) is 0 Å². The molecule has 6 atom stereocenters. The minimum atomic E-state index is -4.67. The van der Waals surface area contributed by atoms with Crippen molar-refractivity contribution in [3.8, 4) is 11.1 Å². The van der Waals surface area contributed by atoms with Crippen LogP contribution in [0.3, 0.4) is 0 Å². The number of benzene rings is 2. The first-order valence-corrected chi connectivity index (χ1v) is 12.2. The van der Waals surface area contributed by atoms with Gasteiger partial charge in [0, 0.05) is 0 Å². The fourth-order valence-corrected chi connectivity index (χ4v) is 5.09. The molecular weight excluding hydrogens is 476 g/mol. The van der Waals surface area contributed by atoms with Crippen molar-refractivity contribution >= 4 is 5.91 Å². The molecule has 9 heteroatoms. The number of rotatable bonds is 7. The summed E-state index contributed by atoms with van der Waals surface area (Å²) < 4.78 is 62.5. The first kappa shape index (κ1) is 26.6. The van der Waals surface area contributed by atoms with E-state index >= 15 is 0 Å². The zero-order valence-electron chi connectivity index (χ0n) is 20.5. The molecule has 2 N–H and O–H groups in total. The van der Waals surface area contributed by atoms with Gasteiger partial charge in [-0.05, 0) is 36.0 Å². The van der Waals surface area contributed by atoms with Crippen molar-refractivity contribution in [2.24, 2.45) is 5.92 Å². The molecule has 2 aromatic rings. The van der Waals surface area contributed by atoms with Gasteiger partial charge in [0.05, 0.1) is 25.2 Å². The largest absolute Gasteiger partial charge is 0.407 e. The number of aliphatic hydroxyl groups excluding tert-OH is 1. The molecule has 2 aliphatic rings. The van der Waals surface area contributed by atoms with Gasteiger partial charge in [0.2, 0.25) is 5.91 Å². The van der Waals surface area contributed by atoms with E-state index in [1.54, 1.807) is 26.0 Å². The van der Waals surface area contributed by atoms with Crippen LogP contribution in [0.4, 0.5) is 17.6 Å². The van der Waals surface area contributed by atoms with Crippen LogP contribution in [0.25, 0.3) is 11.1 Å². The average Bonchev–Trinajstić information content (AvgIpc) is 3.36. The zero-order chi connectivity index (χ0) is 26.2. The van der Waals surface area contributed by atoms with Gasteiger partial charge in [0.25, 0.3) is 0 Å². The quantitative estimate of drug-likeness (QED) is 0.538. The number of likely N-dealkylation sites (tertiary alicyclic amines) is 1. The molecule has 0 saturated carbocycles. The Morgan fingerprint density at radius 3 is 2.25 bits per heavy atom. The SMILES string of the molecule is Cc1ccc(-c2ccc([C@H](N[C@@H](CC(C)C)C(=O)N3C[C@H](F)[C@H]4OC[C@H](O)C43)C(F)(F)F)cc2)cc1. The van der Waals surface area contributed by atoms with Gasteiger partial charge in [0.1, 0.15) is 24.4 Å². The summed E-state index contributed by atoms with van der Waals surface area (Å²) in [6, 6.07) is 9.55. The fourth-order valence-electron chi connectivity index (χ4n) is 5.09. The fraction of sp³-hybridized carbons (Fsp3) is 0.519. The molecule has 4 rings (SSSR count). The van der Waals surface area contributed by atoms with Crippen LogP contribution >= 0.6 is 0 Å². The maximum Gasteiger partial charge on any atom is 0.407 e. The number of aryl methyl sites for hydroxylation is 1. The summed E-state index contributed by atoms with van der Waals surface area (Å²) in [5.74, 6) is -0.762. The highest BCUT2D eigenvalue weighted by Crippen LogP contribution is 2.36. The average molecular weight is 509 g/mol. The van der Waals surface area contributed by atoms with Crippen molar-refractivity contribution in [1.82, 2.24) is 10.2 Å². The van der Waals surface area contributed by atoms with E-state index in [0.717, 1.165) is 21.6 Å². The van der Waals surface area contributed by atoms with Crippen LogP contribution in [-0.4, -0.2) is 65.7 Å². The summed E-state index contributed by atoms with van der Waals surface area (Å²) in [4.78, 5) is 14.6. The Bertz CT molecular complexity index is 1040. The topological polar surface area (TPSA) is 61.8 Å². The molecule has 2 heterocycles. The lowest BCUT2D eigenvalue weighted by Gasteiger charge is -2.33. The van der Waals surface area contributed by atoms with Gasteiger partial charge in [-0.3, -0.25) is 10.1 Å². The number of hydrogen-bond acceptors (Lipinski definition) is 4. The molecule has 0 spiro atoms. The molecule has 2 saturated heterocycles. The van der Waals surface area contributed by atoms with Crippen molar-refractivity contribution < 1.29 is 32.2 Å².